The second kappa shape index (κ2) is 8.55. The van der Waals surface area contributed by atoms with Crippen molar-refractivity contribution in [3.8, 4) is 0 Å². The van der Waals surface area contributed by atoms with E-state index in [2.05, 4.69) is 75.4 Å². The summed E-state index contributed by atoms with van der Waals surface area (Å²) < 4.78 is 0. The van der Waals surface area contributed by atoms with Gasteiger partial charge in [-0.3, -0.25) is 0 Å². The summed E-state index contributed by atoms with van der Waals surface area (Å²) in [5, 5.41) is 0. The molecule has 0 radical (unpaired) electrons. The van der Waals surface area contributed by atoms with Crippen LogP contribution < -0.4 is 0 Å². The highest BCUT2D eigenvalue weighted by molar-refractivity contribution is 8.03. The number of benzene rings is 1. The van der Waals surface area contributed by atoms with Crippen LogP contribution in [0.1, 0.15) is 19.4 Å². The third-order valence-corrected chi connectivity index (χ3v) is 6.01. The molecule has 0 heterocycles. The highest BCUT2D eigenvalue weighted by Gasteiger charge is 2.06. The first-order chi connectivity index (χ1) is 10.1. The molecule has 0 N–H and O–H groups in total. The number of hydrogen-bond donors (Lipinski definition) is 0. The number of hydrogen-bond acceptors (Lipinski definition) is 2. The summed E-state index contributed by atoms with van der Waals surface area (Å²) in [5.41, 5.74) is 1.33. The lowest BCUT2D eigenvalue weighted by molar-refractivity contribution is 0.765. The summed E-state index contributed by atoms with van der Waals surface area (Å²) in [6, 6.07) is 8.83. The van der Waals surface area contributed by atoms with Gasteiger partial charge in [-0.05, 0) is 37.0 Å². The van der Waals surface area contributed by atoms with Gasteiger partial charge < -0.3 is 0 Å². The number of thioether (sulfide) groups is 2. The Kier molecular flexibility index (Phi) is 6.72. The highest BCUT2D eigenvalue weighted by atomic mass is 32.2. The van der Waals surface area contributed by atoms with Gasteiger partial charge in [-0.15, -0.1) is 23.5 Å². The number of allylic oxidation sites excluding steroid dienone is 5. The van der Waals surface area contributed by atoms with Crippen molar-refractivity contribution in [3.63, 3.8) is 0 Å². The monoisotopic (exact) mass is 316 g/mol. The maximum atomic E-state index is 2.34. The van der Waals surface area contributed by atoms with Crippen LogP contribution in [0.5, 0.6) is 0 Å². The molecule has 2 rings (SSSR count). The Bertz CT molecular complexity index is 523. The van der Waals surface area contributed by atoms with E-state index in [1.807, 2.05) is 23.5 Å². The number of rotatable bonds is 6. The summed E-state index contributed by atoms with van der Waals surface area (Å²) in [7, 11) is 0. The molecular weight excluding hydrogens is 292 g/mol. The minimum Gasteiger partial charge on any atom is -0.126 e. The second-order valence-electron chi connectivity index (χ2n) is 5.71. The Labute approximate surface area is 137 Å². The van der Waals surface area contributed by atoms with Crippen molar-refractivity contribution in [2.45, 2.75) is 25.7 Å². The van der Waals surface area contributed by atoms with Crippen LogP contribution in [0.2, 0.25) is 0 Å². The molecule has 0 saturated carbocycles. The normalized spacial score (nSPS) is 19.2. The third-order valence-electron chi connectivity index (χ3n) is 3.33. The minimum atomic E-state index is 0.550. The predicted octanol–water partition coefficient (Wildman–Crippen LogP) is 6.10. The van der Waals surface area contributed by atoms with Crippen LogP contribution in [0.3, 0.4) is 0 Å². The van der Waals surface area contributed by atoms with Crippen molar-refractivity contribution in [1.29, 1.82) is 0 Å². The van der Waals surface area contributed by atoms with E-state index in [1.165, 1.54) is 26.9 Å². The number of aryl methyl sites for hydroxylation is 1. The van der Waals surface area contributed by atoms with Crippen LogP contribution in [0, 0.1) is 18.8 Å². The molecule has 2 unspecified atom stereocenters. The van der Waals surface area contributed by atoms with Crippen LogP contribution in [0.4, 0.5) is 0 Å². The SMILES string of the molecule is Cc1ccc(SCC(C)CSC2=CC=CC(C)C=C2)cc1. The highest BCUT2D eigenvalue weighted by Crippen LogP contribution is 2.27. The van der Waals surface area contributed by atoms with Gasteiger partial charge in [-0.25, -0.2) is 0 Å². The van der Waals surface area contributed by atoms with Gasteiger partial charge >= 0.3 is 0 Å². The fourth-order valence-corrected chi connectivity index (χ4v) is 3.96. The van der Waals surface area contributed by atoms with Crippen LogP contribution in [0.15, 0.2) is 64.4 Å². The van der Waals surface area contributed by atoms with Gasteiger partial charge in [-0.1, -0.05) is 55.8 Å². The first-order valence-corrected chi connectivity index (χ1v) is 9.49. The molecule has 0 nitrogen and oxygen atoms in total. The van der Waals surface area contributed by atoms with Crippen molar-refractivity contribution in [2.24, 2.45) is 11.8 Å². The first-order valence-electron chi connectivity index (χ1n) is 7.52. The molecule has 0 aromatic heterocycles. The zero-order valence-corrected chi connectivity index (χ0v) is 14.7. The fraction of sp³-hybridized carbons (Fsp3) is 0.368. The lowest BCUT2D eigenvalue weighted by Gasteiger charge is -2.11. The van der Waals surface area contributed by atoms with Gasteiger partial charge in [0.15, 0.2) is 0 Å². The summed E-state index contributed by atoms with van der Waals surface area (Å²) in [6.07, 6.45) is 11.2. The quantitative estimate of drug-likeness (QED) is 0.581. The fourth-order valence-electron chi connectivity index (χ4n) is 1.95. The summed E-state index contributed by atoms with van der Waals surface area (Å²) in [4.78, 5) is 2.76. The van der Waals surface area contributed by atoms with Crippen molar-refractivity contribution < 1.29 is 0 Å². The van der Waals surface area contributed by atoms with E-state index in [1.54, 1.807) is 0 Å². The van der Waals surface area contributed by atoms with E-state index in [0.29, 0.717) is 11.8 Å². The molecule has 2 heteroatoms. The van der Waals surface area contributed by atoms with Crippen LogP contribution in [-0.2, 0) is 0 Å². The van der Waals surface area contributed by atoms with Gasteiger partial charge in [0.1, 0.15) is 0 Å². The molecule has 1 aromatic rings. The van der Waals surface area contributed by atoms with Crippen molar-refractivity contribution >= 4 is 23.5 Å². The standard InChI is InChI=1S/C19H24S2/c1-15-5-4-6-18(10-7-15)20-13-17(3)14-21-19-11-8-16(2)9-12-19/h4-12,15,17H,13-14H2,1-3H3. The van der Waals surface area contributed by atoms with Gasteiger partial charge in [0.25, 0.3) is 0 Å². The lowest BCUT2D eigenvalue weighted by Crippen LogP contribution is -2.01. The molecular formula is C19H24S2. The Morgan fingerprint density at radius 3 is 2.52 bits per heavy atom. The zero-order chi connectivity index (χ0) is 15.1. The molecule has 2 atom stereocenters. The minimum absolute atomic E-state index is 0.550. The van der Waals surface area contributed by atoms with Crippen molar-refractivity contribution in [3.05, 3.63) is 65.1 Å². The van der Waals surface area contributed by atoms with Gasteiger partial charge in [-0.2, -0.15) is 0 Å². The molecule has 0 bridgehead atoms. The van der Waals surface area contributed by atoms with E-state index < -0.39 is 0 Å². The van der Waals surface area contributed by atoms with Crippen LogP contribution in [-0.4, -0.2) is 11.5 Å². The lowest BCUT2D eigenvalue weighted by atomic mass is 10.2. The molecule has 0 aliphatic heterocycles. The molecule has 0 spiro atoms. The van der Waals surface area contributed by atoms with Crippen LogP contribution >= 0.6 is 23.5 Å². The van der Waals surface area contributed by atoms with E-state index in [9.17, 15) is 0 Å². The first kappa shape index (κ1) is 16.5. The van der Waals surface area contributed by atoms with Crippen LogP contribution in [0.25, 0.3) is 0 Å². The van der Waals surface area contributed by atoms with E-state index in [-0.39, 0.29) is 0 Å². The predicted molar refractivity (Wildman–Crippen MR) is 99.1 cm³/mol. The second-order valence-corrected chi connectivity index (χ2v) is 7.90. The molecule has 21 heavy (non-hydrogen) atoms. The average molecular weight is 317 g/mol. The largest absolute Gasteiger partial charge is 0.126 e. The molecule has 1 aromatic carbocycles. The summed E-state index contributed by atoms with van der Waals surface area (Å²) >= 11 is 3.93. The zero-order valence-electron chi connectivity index (χ0n) is 13.1. The Balaban J connectivity index is 1.73. The van der Waals surface area contributed by atoms with E-state index in [4.69, 9.17) is 0 Å². The maximum Gasteiger partial charge on any atom is 0.00722 e. The third kappa shape index (κ3) is 6.19. The summed E-state index contributed by atoms with van der Waals surface area (Å²) in [5.74, 6) is 3.62. The maximum absolute atomic E-state index is 2.34. The van der Waals surface area contributed by atoms with Crippen molar-refractivity contribution in [1.82, 2.24) is 0 Å². The Hall–Kier alpha value is -0.860. The smallest absolute Gasteiger partial charge is 0.00722 e. The summed E-state index contributed by atoms with van der Waals surface area (Å²) in [6.45, 7) is 6.69. The molecule has 0 fully saturated rings. The van der Waals surface area contributed by atoms with Gasteiger partial charge in [0.05, 0.1) is 0 Å². The van der Waals surface area contributed by atoms with Gasteiger partial charge in [0.2, 0.25) is 0 Å². The molecule has 1 aliphatic rings. The van der Waals surface area contributed by atoms with Gasteiger partial charge in [0, 0.05) is 21.3 Å². The Morgan fingerprint density at radius 1 is 1.05 bits per heavy atom. The Morgan fingerprint density at radius 2 is 1.76 bits per heavy atom. The topological polar surface area (TPSA) is 0 Å². The molecule has 0 saturated heterocycles. The molecule has 112 valence electrons. The van der Waals surface area contributed by atoms with Crippen molar-refractivity contribution in [2.75, 3.05) is 11.5 Å². The average Bonchev–Trinajstić information content (AvgIpc) is 2.69. The molecule has 1 aliphatic carbocycles. The van der Waals surface area contributed by atoms with E-state index in [0.717, 1.165) is 0 Å². The van der Waals surface area contributed by atoms with E-state index >= 15 is 0 Å². The molecule has 0 amide bonds.